The molecule has 0 spiro atoms. The van der Waals surface area contributed by atoms with Crippen molar-refractivity contribution in [3.05, 3.63) is 11.7 Å². The topological polar surface area (TPSA) is 51.0 Å². The van der Waals surface area contributed by atoms with Gasteiger partial charge in [0.15, 0.2) is 0 Å². The van der Waals surface area contributed by atoms with Gasteiger partial charge in [0.25, 0.3) is 5.82 Å². The van der Waals surface area contributed by atoms with Gasteiger partial charge < -0.3 is 9.84 Å². The van der Waals surface area contributed by atoms with Gasteiger partial charge in [-0.25, -0.2) is 0 Å². The fourth-order valence-electron chi connectivity index (χ4n) is 1.64. The van der Waals surface area contributed by atoms with Crippen LogP contribution in [0, 0.1) is 5.92 Å². The minimum Gasteiger partial charge on any atom is -0.339 e. The lowest BCUT2D eigenvalue weighted by Gasteiger charge is -2.07. The average Bonchev–Trinajstić information content (AvgIpc) is 2.69. The molecule has 2 atom stereocenters. The van der Waals surface area contributed by atoms with Crippen LogP contribution in [-0.2, 0) is 6.18 Å². The molecule has 0 radical (unpaired) electrons. The van der Waals surface area contributed by atoms with E-state index in [1.54, 1.807) is 0 Å². The normalized spacial score (nSPS) is 27.2. The van der Waals surface area contributed by atoms with Gasteiger partial charge in [-0.3, -0.25) is 0 Å². The van der Waals surface area contributed by atoms with Crippen molar-refractivity contribution in [3.8, 4) is 0 Å². The summed E-state index contributed by atoms with van der Waals surface area (Å²) in [6, 6.07) is 0. The van der Waals surface area contributed by atoms with Crippen LogP contribution in [0.5, 0.6) is 0 Å². The molecule has 2 rings (SSSR count). The largest absolute Gasteiger partial charge is 0.455 e. The number of halogens is 3. The molecule has 15 heavy (non-hydrogen) atoms. The molecule has 1 N–H and O–H groups in total. The number of hydrogen-bond acceptors (Lipinski definition) is 4. The third-order valence-corrected chi connectivity index (χ3v) is 2.53. The van der Waals surface area contributed by atoms with Gasteiger partial charge in [0.1, 0.15) is 0 Å². The van der Waals surface area contributed by atoms with Crippen molar-refractivity contribution in [1.29, 1.82) is 0 Å². The van der Waals surface area contributed by atoms with Gasteiger partial charge >= 0.3 is 6.18 Å². The Balaban J connectivity index is 2.20. The van der Waals surface area contributed by atoms with Gasteiger partial charge in [0.2, 0.25) is 5.89 Å². The van der Waals surface area contributed by atoms with Crippen LogP contribution >= 0.6 is 0 Å². The molecule has 1 aromatic rings. The number of nitrogens with zero attached hydrogens (tertiary/aromatic N) is 2. The smallest absolute Gasteiger partial charge is 0.339 e. The zero-order valence-electron chi connectivity index (χ0n) is 8.01. The molecule has 1 aromatic heterocycles. The van der Waals surface area contributed by atoms with Crippen molar-refractivity contribution in [2.75, 3.05) is 13.1 Å². The Morgan fingerprint density at radius 1 is 1.40 bits per heavy atom. The number of aromatic nitrogens is 2. The fraction of sp³-hybridized carbons (Fsp3) is 0.750. The van der Waals surface area contributed by atoms with E-state index in [1.807, 2.05) is 6.92 Å². The third-order valence-electron chi connectivity index (χ3n) is 2.53. The van der Waals surface area contributed by atoms with Crippen LogP contribution in [0.1, 0.15) is 24.6 Å². The number of nitrogens with one attached hydrogen (secondary N) is 1. The lowest BCUT2D eigenvalue weighted by Crippen LogP contribution is -2.10. The van der Waals surface area contributed by atoms with Crippen molar-refractivity contribution in [1.82, 2.24) is 15.5 Å². The summed E-state index contributed by atoms with van der Waals surface area (Å²) < 4.78 is 41.2. The molecule has 0 amide bonds. The summed E-state index contributed by atoms with van der Waals surface area (Å²) in [6.45, 7) is 3.27. The first-order valence-electron chi connectivity index (χ1n) is 4.60. The third kappa shape index (κ3) is 1.97. The Morgan fingerprint density at radius 2 is 2.13 bits per heavy atom. The van der Waals surface area contributed by atoms with Gasteiger partial charge in [-0.1, -0.05) is 12.1 Å². The maximum Gasteiger partial charge on any atom is 0.455 e. The Morgan fingerprint density at radius 3 is 2.60 bits per heavy atom. The van der Waals surface area contributed by atoms with Gasteiger partial charge in [-0.2, -0.15) is 18.2 Å². The molecule has 1 aliphatic rings. The second-order valence-corrected chi connectivity index (χ2v) is 3.70. The first kappa shape index (κ1) is 10.4. The monoisotopic (exact) mass is 221 g/mol. The summed E-state index contributed by atoms with van der Waals surface area (Å²) >= 11 is 0. The van der Waals surface area contributed by atoms with E-state index in [1.165, 1.54) is 0 Å². The molecule has 1 fully saturated rings. The van der Waals surface area contributed by atoms with E-state index >= 15 is 0 Å². The maximum absolute atomic E-state index is 12.2. The highest BCUT2D eigenvalue weighted by atomic mass is 19.4. The number of hydrogen-bond donors (Lipinski definition) is 1. The SMILES string of the molecule is C[C@@H]1CNC[C@H]1c1nc(C(F)(F)F)no1. The summed E-state index contributed by atoms with van der Waals surface area (Å²) in [5.74, 6) is -1.03. The lowest BCUT2D eigenvalue weighted by atomic mass is 9.98. The van der Waals surface area contributed by atoms with E-state index in [9.17, 15) is 13.2 Å². The summed E-state index contributed by atoms with van der Waals surface area (Å²) in [6.07, 6.45) is -4.53. The van der Waals surface area contributed by atoms with E-state index in [0.717, 1.165) is 6.54 Å². The van der Waals surface area contributed by atoms with Crippen LogP contribution in [0.3, 0.4) is 0 Å². The molecule has 1 aliphatic heterocycles. The predicted octanol–water partition coefficient (Wildman–Crippen LogP) is 1.41. The van der Waals surface area contributed by atoms with E-state index in [4.69, 9.17) is 0 Å². The highest BCUT2D eigenvalue weighted by molar-refractivity contribution is 5.02. The van der Waals surface area contributed by atoms with Crippen molar-refractivity contribution in [3.63, 3.8) is 0 Å². The van der Waals surface area contributed by atoms with Gasteiger partial charge in [-0.15, -0.1) is 0 Å². The Labute approximate surface area is 83.8 Å². The molecular weight excluding hydrogens is 211 g/mol. The molecule has 0 unspecified atom stereocenters. The predicted molar refractivity (Wildman–Crippen MR) is 44.1 cm³/mol. The van der Waals surface area contributed by atoms with Gasteiger partial charge in [0.05, 0.1) is 5.92 Å². The Bertz CT molecular complexity index is 349. The van der Waals surface area contributed by atoms with Crippen molar-refractivity contribution in [2.45, 2.75) is 19.0 Å². The summed E-state index contributed by atoms with van der Waals surface area (Å²) in [5.41, 5.74) is 0. The zero-order valence-corrected chi connectivity index (χ0v) is 8.01. The van der Waals surface area contributed by atoms with Gasteiger partial charge in [-0.05, 0) is 12.5 Å². The van der Waals surface area contributed by atoms with Crippen LogP contribution in [0.25, 0.3) is 0 Å². The minimum atomic E-state index is -4.53. The van der Waals surface area contributed by atoms with E-state index in [-0.39, 0.29) is 17.7 Å². The van der Waals surface area contributed by atoms with E-state index in [2.05, 4.69) is 20.0 Å². The molecule has 0 aliphatic carbocycles. The van der Waals surface area contributed by atoms with Crippen LogP contribution in [0.15, 0.2) is 4.52 Å². The second-order valence-electron chi connectivity index (χ2n) is 3.70. The number of rotatable bonds is 1. The highest BCUT2D eigenvalue weighted by Crippen LogP contribution is 2.30. The summed E-state index contributed by atoms with van der Waals surface area (Å²) in [4.78, 5) is 3.37. The Kier molecular flexibility index (Phi) is 2.41. The van der Waals surface area contributed by atoms with E-state index < -0.39 is 12.0 Å². The molecule has 1 saturated heterocycles. The standard InChI is InChI=1S/C8H10F3N3O/c1-4-2-12-3-5(4)6-13-7(14-15-6)8(9,10)11/h4-5,12H,2-3H2,1H3/t4-,5-/m1/s1. The molecule has 7 heteroatoms. The van der Waals surface area contributed by atoms with Crippen molar-refractivity contribution in [2.24, 2.45) is 5.92 Å². The number of alkyl halides is 3. The fourth-order valence-corrected chi connectivity index (χ4v) is 1.64. The minimum absolute atomic E-state index is 0.0693. The first-order chi connectivity index (χ1) is 6.98. The zero-order chi connectivity index (χ0) is 11.1. The van der Waals surface area contributed by atoms with Crippen molar-refractivity contribution >= 4 is 0 Å². The average molecular weight is 221 g/mol. The van der Waals surface area contributed by atoms with Gasteiger partial charge in [0, 0.05) is 6.54 Å². The summed E-state index contributed by atoms with van der Waals surface area (Å²) in [5, 5.41) is 5.99. The molecule has 0 saturated carbocycles. The van der Waals surface area contributed by atoms with Crippen LogP contribution < -0.4 is 5.32 Å². The van der Waals surface area contributed by atoms with Crippen LogP contribution in [-0.4, -0.2) is 23.2 Å². The molecular formula is C8H10F3N3O. The molecule has 0 aromatic carbocycles. The second kappa shape index (κ2) is 3.48. The highest BCUT2D eigenvalue weighted by Gasteiger charge is 2.39. The van der Waals surface area contributed by atoms with Crippen LogP contribution in [0.2, 0.25) is 0 Å². The molecule has 2 heterocycles. The molecule has 0 bridgehead atoms. The van der Waals surface area contributed by atoms with Crippen LogP contribution in [0.4, 0.5) is 13.2 Å². The first-order valence-corrected chi connectivity index (χ1v) is 4.60. The molecule has 84 valence electrons. The van der Waals surface area contributed by atoms with E-state index in [0.29, 0.717) is 6.54 Å². The molecule has 4 nitrogen and oxygen atoms in total. The summed E-state index contributed by atoms with van der Waals surface area (Å²) in [7, 11) is 0. The lowest BCUT2D eigenvalue weighted by molar-refractivity contribution is -0.146. The Hall–Kier alpha value is -1.11. The van der Waals surface area contributed by atoms with Crippen molar-refractivity contribution < 1.29 is 17.7 Å². The quantitative estimate of drug-likeness (QED) is 0.779. The maximum atomic E-state index is 12.2.